The summed E-state index contributed by atoms with van der Waals surface area (Å²) in [6.45, 7) is 0. The summed E-state index contributed by atoms with van der Waals surface area (Å²) in [7, 11) is 0. The van der Waals surface area contributed by atoms with Crippen LogP contribution in [0.1, 0.15) is 0 Å². The van der Waals surface area contributed by atoms with Crippen LogP contribution in [-0.2, 0) is 9.59 Å². The van der Waals surface area contributed by atoms with Gasteiger partial charge in [0.25, 0.3) is 0 Å². The van der Waals surface area contributed by atoms with Crippen LogP contribution in [0, 0.1) is 0 Å². The standard InChI is InChI=1S/C4H6O6.2H3N.4H2O/c5-1(3(7)8)2(6)4(9)10;;;;;;/h1-2,5-6H,(H,7,8)(H,9,10);2*1H3;4*1H2. The van der Waals surface area contributed by atoms with Gasteiger partial charge in [0.1, 0.15) is 0 Å². The molecule has 0 aliphatic carbocycles. The van der Waals surface area contributed by atoms with E-state index in [1.165, 1.54) is 0 Å². The van der Waals surface area contributed by atoms with Crippen LogP contribution in [-0.4, -0.2) is 66.5 Å². The second-order valence-electron chi connectivity index (χ2n) is 1.57. The van der Waals surface area contributed by atoms with Crippen molar-refractivity contribution in [1.82, 2.24) is 12.3 Å². The van der Waals surface area contributed by atoms with Gasteiger partial charge in [-0.25, -0.2) is 9.59 Å². The molecule has 16 heavy (non-hydrogen) atoms. The summed E-state index contributed by atoms with van der Waals surface area (Å²) in [5.74, 6) is -3.54. The monoisotopic (exact) mass is 256 g/mol. The van der Waals surface area contributed by atoms with Crippen molar-refractivity contribution < 1.29 is 51.9 Å². The summed E-state index contributed by atoms with van der Waals surface area (Å²) in [6.07, 6.45) is -4.53. The smallest absolute Gasteiger partial charge is 0.335 e. The third kappa shape index (κ3) is 15.1. The molecule has 0 amide bonds. The molecule has 0 fully saturated rings. The molecule has 0 saturated carbocycles. The quantitative estimate of drug-likeness (QED) is 0.282. The third-order valence-electron chi connectivity index (χ3n) is 0.805. The van der Waals surface area contributed by atoms with Crippen molar-refractivity contribution in [3.8, 4) is 0 Å². The molecule has 0 aromatic carbocycles. The van der Waals surface area contributed by atoms with E-state index in [9.17, 15) is 9.59 Å². The van der Waals surface area contributed by atoms with E-state index in [1.54, 1.807) is 0 Å². The Labute approximate surface area is 89.5 Å². The van der Waals surface area contributed by atoms with Crippen LogP contribution >= 0.6 is 0 Å². The Morgan fingerprint density at radius 2 is 0.812 bits per heavy atom. The number of hydrogen-bond donors (Lipinski definition) is 6. The van der Waals surface area contributed by atoms with Gasteiger partial charge in [-0.2, -0.15) is 0 Å². The number of carboxylic acids is 2. The van der Waals surface area contributed by atoms with E-state index in [0.29, 0.717) is 0 Å². The first kappa shape index (κ1) is 46.7. The average Bonchev–Trinajstić information content (AvgIpc) is 1.84. The second kappa shape index (κ2) is 19.2. The van der Waals surface area contributed by atoms with Crippen molar-refractivity contribution in [3.63, 3.8) is 0 Å². The minimum atomic E-state index is -2.27. The highest BCUT2D eigenvalue weighted by molar-refractivity contribution is 5.82. The average molecular weight is 256 g/mol. The van der Waals surface area contributed by atoms with Crippen LogP contribution < -0.4 is 12.3 Å². The molecular formula is C4H20N2O10. The molecule has 2 atom stereocenters. The van der Waals surface area contributed by atoms with Crippen molar-refractivity contribution in [2.75, 3.05) is 0 Å². The van der Waals surface area contributed by atoms with Gasteiger partial charge >= 0.3 is 11.9 Å². The van der Waals surface area contributed by atoms with E-state index < -0.39 is 24.1 Å². The molecule has 0 aromatic rings. The number of aliphatic carboxylic acids is 2. The van der Waals surface area contributed by atoms with Gasteiger partial charge < -0.3 is 54.6 Å². The minimum absolute atomic E-state index is 0. The zero-order valence-corrected chi connectivity index (χ0v) is 8.17. The fraction of sp³-hybridized carbons (Fsp3) is 0.500. The zero-order valence-electron chi connectivity index (χ0n) is 8.17. The summed E-state index contributed by atoms with van der Waals surface area (Å²) in [5.41, 5.74) is 0. The number of rotatable bonds is 3. The number of hydrogen-bond acceptors (Lipinski definition) is 6. The van der Waals surface area contributed by atoms with Crippen LogP contribution in [0.2, 0.25) is 0 Å². The lowest BCUT2D eigenvalue weighted by Gasteiger charge is -2.07. The predicted molar refractivity (Wildman–Crippen MR) is 51.8 cm³/mol. The zero-order chi connectivity index (χ0) is 8.31. The lowest BCUT2D eigenvalue weighted by atomic mass is 10.2. The molecule has 12 nitrogen and oxygen atoms in total. The highest BCUT2D eigenvalue weighted by Crippen LogP contribution is 1.92. The van der Waals surface area contributed by atoms with E-state index in [0.717, 1.165) is 0 Å². The van der Waals surface area contributed by atoms with Gasteiger partial charge in [0.2, 0.25) is 0 Å². The van der Waals surface area contributed by atoms with Gasteiger partial charge in [0.15, 0.2) is 12.2 Å². The molecule has 12 heteroatoms. The molecule has 0 aromatic heterocycles. The minimum Gasteiger partial charge on any atom is -0.479 e. The summed E-state index contributed by atoms with van der Waals surface area (Å²) in [5, 5.41) is 32.5. The van der Waals surface area contributed by atoms with Crippen LogP contribution in [0.4, 0.5) is 0 Å². The maximum absolute atomic E-state index is 9.77. The SMILES string of the molecule is N.N.O.O.O.O.O=C(O)C(O)C(O)C(=O)O. The highest BCUT2D eigenvalue weighted by atomic mass is 16.4. The van der Waals surface area contributed by atoms with Crippen molar-refractivity contribution in [1.29, 1.82) is 0 Å². The summed E-state index contributed by atoms with van der Waals surface area (Å²) >= 11 is 0. The van der Waals surface area contributed by atoms with E-state index in [2.05, 4.69) is 0 Å². The Kier molecular flexibility index (Phi) is 56.1. The molecule has 2 unspecified atom stereocenters. The third-order valence-corrected chi connectivity index (χ3v) is 0.805. The van der Waals surface area contributed by atoms with Crippen molar-refractivity contribution in [3.05, 3.63) is 0 Å². The fourth-order valence-electron chi connectivity index (χ4n) is 0.270. The number of aliphatic hydroxyl groups is 2. The summed E-state index contributed by atoms with van der Waals surface area (Å²) in [6, 6.07) is 0. The molecular weight excluding hydrogens is 236 g/mol. The molecule has 0 saturated heterocycles. The molecule has 0 aliphatic heterocycles. The molecule has 0 aliphatic rings. The van der Waals surface area contributed by atoms with Crippen molar-refractivity contribution >= 4 is 11.9 Å². The lowest BCUT2D eigenvalue weighted by Crippen LogP contribution is -2.39. The Bertz CT molecular complexity index is 145. The van der Waals surface area contributed by atoms with Gasteiger partial charge in [-0.3, -0.25) is 0 Å². The van der Waals surface area contributed by atoms with E-state index in [1.807, 2.05) is 0 Å². The largest absolute Gasteiger partial charge is 0.479 e. The second-order valence-corrected chi connectivity index (χ2v) is 1.57. The molecule has 0 rings (SSSR count). The molecule has 106 valence electrons. The molecule has 0 spiro atoms. The Morgan fingerprint density at radius 1 is 0.688 bits per heavy atom. The number of aliphatic hydroxyl groups excluding tert-OH is 2. The van der Waals surface area contributed by atoms with E-state index in [-0.39, 0.29) is 34.2 Å². The molecule has 0 heterocycles. The highest BCUT2D eigenvalue weighted by Gasteiger charge is 2.29. The van der Waals surface area contributed by atoms with Gasteiger partial charge in [0.05, 0.1) is 0 Å². The fourth-order valence-corrected chi connectivity index (χ4v) is 0.270. The van der Waals surface area contributed by atoms with Gasteiger partial charge in [-0.15, -0.1) is 0 Å². The molecule has 0 bridgehead atoms. The maximum atomic E-state index is 9.77. The Hall–Kier alpha value is -1.38. The van der Waals surface area contributed by atoms with Crippen LogP contribution in [0.25, 0.3) is 0 Å². The van der Waals surface area contributed by atoms with E-state index >= 15 is 0 Å². The lowest BCUT2D eigenvalue weighted by molar-refractivity contribution is -0.165. The maximum Gasteiger partial charge on any atom is 0.335 e. The topological polar surface area (TPSA) is 311 Å². The summed E-state index contributed by atoms with van der Waals surface area (Å²) < 4.78 is 0. The first-order chi connectivity index (χ1) is 4.46. The van der Waals surface area contributed by atoms with Crippen molar-refractivity contribution in [2.24, 2.45) is 0 Å². The van der Waals surface area contributed by atoms with Crippen LogP contribution in [0.3, 0.4) is 0 Å². The first-order valence-corrected chi connectivity index (χ1v) is 2.28. The van der Waals surface area contributed by atoms with Crippen molar-refractivity contribution in [2.45, 2.75) is 12.2 Å². The van der Waals surface area contributed by atoms with E-state index in [4.69, 9.17) is 20.4 Å². The van der Waals surface area contributed by atoms with Crippen LogP contribution in [0.5, 0.6) is 0 Å². The van der Waals surface area contributed by atoms with Crippen LogP contribution in [0.15, 0.2) is 0 Å². The number of carbonyl (C=O) groups is 2. The van der Waals surface area contributed by atoms with Gasteiger partial charge in [-0.05, 0) is 0 Å². The molecule has 18 N–H and O–H groups in total. The Morgan fingerprint density at radius 3 is 0.875 bits per heavy atom. The summed E-state index contributed by atoms with van der Waals surface area (Å²) in [4.78, 5) is 19.5. The first-order valence-electron chi connectivity index (χ1n) is 2.28. The Balaban J connectivity index is -0.0000000270. The molecule has 0 radical (unpaired) electrons. The van der Waals surface area contributed by atoms with Gasteiger partial charge in [0, 0.05) is 0 Å². The normalized spacial score (nSPS) is 9.88. The van der Waals surface area contributed by atoms with Gasteiger partial charge in [-0.1, -0.05) is 0 Å². The predicted octanol–water partition coefficient (Wildman–Crippen LogP) is -5.10. The number of carboxylic acid groups (broad SMARTS) is 2.